The molecule has 3 nitrogen and oxygen atoms in total. The molecule has 0 saturated carbocycles. The minimum absolute atomic E-state index is 0.263. The van der Waals surface area contributed by atoms with Crippen LogP contribution < -0.4 is 0 Å². The molecule has 0 radical (unpaired) electrons. The fourth-order valence-corrected chi connectivity index (χ4v) is 2.34. The number of aliphatic hydroxyl groups is 1. The van der Waals surface area contributed by atoms with Crippen LogP contribution in [0, 0.1) is 0 Å². The molecule has 0 bridgehead atoms. The summed E-state index contributed by atoms with van der Waals surface area (Å²) in [5, 5.41) is 17.9. The SMILES string of the molecule is CC[C@H](O)/C=C\CCCCCCCCCCCCC(=O)O. The Balaban J connectivity index is 3.09. The van der Waals surface area contributed by atoms with Gasteiger partial charge in [-0.15, -0.1) is 0 Å². The summed E-state index contributed by atoms with van der Waals surface area (Å²) in [5.41, 5.74) is 0. The zero-order valence-corrected chi connectivity index (χ0v) is 13.7. The van der Waals surface area contributed by atoms with Gasteiger partial charge in [-0.2, -0.15) is 0 Å². The molecule has 1 atom stereocenters. The Bertz CT molecular complexity index is 261. The highest BCUT2D eigenvalue weighted by Crippen LogP contribution is 2.12. The molecule has 0 aromatic carbocycles. The Morgan fingerprint density at radius 1 is 0.905 bits per heavy atom. The van der Waals surface area contributed by atoms with Gasteiger partial charge in [0.1, 0.15) is 0 Å². The van der Waals surface area contributed by atoms with Crippen LogP contribution in [0.15, 0.2) is 12.2 Å². The molecule has 0 unspecified atom stereocenters. The van der Waals surface area contributed by atoms with Crippen LogP contribution in [0.4, 0.5) is 0 Å². The van der Waals surface area contributed by atoms with Crippen molar-refractivity contribution in [1.82, 2.24) is 0 Å². The lowest BCUT2D eigenvalue weighted by atomic mass is 10.0. The average Bonchev–Trinajstić information content (AvgIpc) is 2.46. The highest BCUT2D eigenvalue weighted by atomic mass is 16.4. The summed E-state index contributed by atoms with van der Waals surface area (Å²) in [7, 11) is 0. The van der Waals surface area contributed by atoms with Gasteiger partial charge in [-0.05, 0) is 25.7 Å². The van der Waals surface area contributed by atoms with Crippen molar-refractivity contribution in [1.29, 1.82) is 0 Å². The normalized spacial score (nSPS) is 12.9. The van der Waals surface area contributed by atoms with Gasteiger partial charge in [-0.3, -0.25) is 4.79 Å². The van der Waals surface area contributed by atoms with E-state index >= 15 is 0 Å². The standard InChI is InChI=1S/C18H34O3/c1-2-17(19)15-13-11-9-7-5-3-4-6-8-10-12-14-16-18(20)21/h13,15,17,19H,2-12,14,16H2,1H3,(H,20,21)/b15-13-/t17-/m0/s1. The Morgan fingerprint density at radius 2 is 1.38 bits per heavy atom. The molecule has 0 amide bonds. The average molecular weight is 298 g/mol. The second kappa shape index (κ2) is 15.6. The van der Waals surface area contributed by atoms with Crippen molar-refractivity contribution in [2.45, 2.75) is 96.5 Å². The van der Waals surface area contributed by atoms with Crippen molar-refractivity contribution in [2.75, 3.05) is 0 Å². The van der Waals surface area contributed by atoms with Crippen molar-refractivity contribution >= 4 is 5.97 Å². The summed E-state index contributed by atoms with van der Waals surface area (Å²) in [6.45, 7) is 1.99. The lowest BCUT2D eigenvalue weighted by Crippen LogP contribution is -1.97. The van der Waals surface area contributed by atoms with Gasteiger partial charge in [-0.1, -0.05) is 70.4 Å². The Labute approximate surface area is 130 Å². The molecule has 0 aliphatic carbocycles. The van der Waals surface area contributed by atoms with Crippen molar-refractivity contribution in [2.24, 2.45) is 0 Å². The third kappa shape index (κ3) is 17.1. The van der Waals surface area contributed by atoms with E-state index in [9.17, 15) is 9.90 Å². The minimum Gasteiger partial charge on any atom is -0.481 e. The Hall–Kier alpha value is -0.830. The van der Waals surface area contributed by atoms with Crippen LogP contribution in [-0.4, -0.2) is 22.3 Å². The van der Waals surface area contributed by atoms with E-state index in [1.807, 2.05) is 13.0 Å². The van der Waals surface area contributed by atoms with E-state index in [1.165, 1.54) is 51.4 Å². The summed E-state index contributed by atoms with van der Waals surface area (Å²) in [6.07, 6.45) is 18.0. The van der Waals surface area contributed by atoms with Crippen molar-refractivity contribution in [3.63, 3.8) is 0 Å². The molecule has 0 aromatic heterocycles. The Morgan fingerprint density at radius 3 is 1.86 bits per heavy atom. The molecular weight excluding hydrogens is 264 g/mol. The first-order valence-corrected chi connectivity index (χ1v) is 8.73. The molecule has 21 heavy (non-hydrogen) atoms. The van der Waals surface area contributed by atoms with E-state index in [0.717, 1.165) is 25.7 Å². The predicted molar refractivity (Wildman–Crippen MR) is 88.5 cm³/mol. The zero-order chi connectivity index (χ0) is 15.8. The second-order valence-electron chi connectivity index (χ2n) is 5.87. The Kier molecular flexibility index (Phi) is 14.9. The van der Waals surface area contributed by atoms with E-state index < -0.39 is 5.97 Å². The van der Waals surface area contributed by atoms with Gasteiger partial charge in [0.15, 0.2) is 0 Å². The maximum atomic E-state index is 10.3. The van der Waals surface area contributed by atoms with Gasteiger partial charge in [-0.25, -0.2) is 0 Å². The molecule has 0 fully saturated rings. The molecule has 2 N–H and O–H groups in total. The van der Waals surface area contributed by atoms with Gasteiger partial charge < -0.3 is 10.2 Å². The molecule has 0 rings (SSSR count). The third-order valence-electron chi connectivity index (χ3n) is 3.79. The molecule has 3 heteroatoms. The van der Waals surface area contributed by atoms with Gasteiger partial charge in [0, 0.05) is 6.42 Å². The maximum absolute atomic E-state index is 10.3. The molecular formula is C18H34O3. The van der Waals surface area contributed by atoms with Crippen LogP contribution in [0.1, 0.15) is 90.4 Å². The van der Waals surface area contributed by atoms with Crippen molar-refractivity contribution in [3.8, 4) is 0 Å². The van der Waals surface area contributed by atoms with Gasteiger partial charge >= 0.3 is 5.97 Å². The maximum Gasteiger partial charge on any atom is 0.303 e. The number of allylic oxidation sites excluding steroid dienone is 1. The van der Waals surface area contributed by atoms with Crippen LogP contribution >= 0.6 is 0 Å². The fourth-order valence-electron chi connectivity index (χ4n) is 2.34. The second-order valence-corrected chi connectivity index (χ2v) is 5.87. The van der Waals surface area contributed by atoms with Crippen molar-refractivity contribution in [3.05, 3.63) is 12.2 Å². The molecule has 0 spiro atoms. The van der Waals surface area contributed by atoms with Gasteiger partial charge in [0.05, 0.1) is 6.10 Å². The predicted octanol–water partition coefficient (Wildman–Crippen LogP) is 5.08. The van der Waals surface area contributed by atoms with Crippen LogP contribution in [0.2, 0.25) is 0 Å². The fraction of sp³-hybridized carbons (Fsp3) is 0.833. The molecule has 0 aliphatic rings. The van der Waals surface area contributed by atoms with Crippen molar-refractivity contribution < 1.29 is 15.0 Å². The number of rotatable bonds is 15. The molecule has 0 saturated heterocycles. The smallest absolute Gasteiger partial charge is 0.303 e. The number of hydrogen-bond donors (Lipinski definition) is 2. The minimum atomic E-state index is -0.672. The summed E-state index contributed by atoms with van der Waals surface area (Å²) in [5.74, 6) is -0.672. The first kappa shape index (κ1) is 20.2. The molecule has 124 valence electrons. The van der Waals surface area contributed by atoms with Crippen LogP contribution in [0.3, 0.4) is 0 Å². The largest absolute Gasteiger partial charge is 0.481 e. The monoisotopic (exact) mass is 298 g/mol. The summed E-state index contributed by atoms with van der Waals surface area (Å²) < 4.78 is 0. The van der Waals surface area contributed by atoms with E-state index in [2.05, 4.69) is 6.08 Å². The van der Waals surface area contributed by atoms with Crippen LogP contribution in [0.25, 0.3) is 0 Å². The number of carboxylic acid groups (broad SMARTS) is 1. The summed E-state index contributed by atoms with van der Waals surface area (Å²) in [6, 6.07) is 0. The summed E-state index contributed by atoms with van der Waals surface area (Å²) >= 11 is 0. The zero-order valence-electron chi connectivity index (χ0n) is 13.7. The third-order valence-corrected chi connectivity index (χ3v) is 3.79. The van der Waals surface area contributed by atoms with E-state index in [1.54, 1.807) is 0 Å². The lowest BCUT2D eigenvalue weighted by Gasteiger charge is -2.02. The highest BCUT2D eigenvalue weighted by molar-refractivity contribution is 5.66. The van der Waals surface area contributed by atoms with E-state index in [-0.39, 0.29) is 6.10 Å². The first-order valence-electron chi connectivity index (χ1n) is 8.73. The topological polar surface area (TPSA) is 57.5 Å². The molecule has 0 aliphatic heterocycles. The number of aliphatic hydroxyl groups excluding tert-OH is 1. The molecule has 0 heterocycles. The first-order chi connectivity index (χ1) is 10.2. The van der Waals surface area contributed by atoms with E-state index in [4.69, 9.17) is 5.11 Å². The van der Waals surface area contributed by atoms with Gasteiger partial charge in [0.25, 0.3) is 0 Å². The summed E-state index contributed by atoms with van der Waals surface area (Å²) in [4.78, 5) is 10.3. The number of hydrogen-bond acceptors (Lipinski definition) is 2. The van der Waals surface area contributed by atoms with E-state index in [0.29, 0.717) is 6.42 Å². The number of aliphatic carboxylic acids is 1. The number of carbonyl (C=O) groups is 1. The highest BCUT2D eigenvalue weighted by Gasteiger charge is 1.97. The molecule has 0 aromatic rings. The number of carboxylic acids is 1. The van der Waals surface area contributed by atoms with Crippen LogP contribution in [0.5, 0.6) is 0 Å². The van der Waals surface area contributed by atoms with Gasteiger partial charge in [0.2, 0.25) is 0 Å². The quantitative estimate of drug-likeness (QED) is 0.327. The lowest BCUT2D eigenvalue weighted by molar-refractivity contribution is -0.137. The van der Waals surface area contributed by atoms with Crippen LogP contribution in [-0.2, 0) is 4.79 Å². The number of unbranched alkanes of at least 4 members (excludes halogenated alkanes) is 10.